The number of nitriles is 1. The number of pyridine rings is 1. The van der Waals surface area contributed by atoms with Crippen LogP contribution < -0.4 is 15.2 Å². The largest absolute Gasteiger partial charge is 0.497 e. The molecule has 2 heterocycles. The fraction of sp³-hybridized carbons (Fsp3) is 0.273. The Labute approximate surface area is 167 Å². The van der Waals surface area contributed by atoms with Gasteiger partial charge in [-0.15, -0.1) is 0 Å². The zero-order valence-electron chi connectivity index (χ0n) is 15.9. The van der Waals surface area contributed by atoms with Gasteiger partial charge in [-0.1, -0.05) is 18.2 Å². The van der Waals surface area contributed by atoms with E-state index in [-0.39, 0.29) is 18.6 Å². The minimum atomic E-state index is -0.392. The predicted octanol–water partition coefficient (Wildman–Crippen LogP) is 2.01. The van der Waals surface area contributed by atoms with Crippen molar-refractivity contribution in [3.8, 4) is 23.1 Å². The fourth-order valence-electron chi connectivity index (χ4n) is 3.38. The van der Waals surface area contributed by atoms with Crippen molar-refractivity contribution in [3.05, 3.63) is 58.0 Å². The summed E-state index contributed by atoms with van der Waals surface area (Å²) in [5, 5.41) is 11.2. The summed E-state index contributed by atoms with van der Waals surface area (Å²) in [5.74, 6) is 0.568. The first-order valence-electron chi connectivity index (χ1n) is 9.18. The molecule has 1 aliphatic heterocycles. The lowest BCUT2D eigenvalue weighted by atomic mass is 10.00. The number of fused-ring (bicyclic) bond motifs is 1. The number of aromatic nitrogens is 1. The van der Waals surface area contributed by atoms with Crippen molar-refractivity contribution in [2.45, 2.75) is 12.5 Å². The lowest BCUT2D eigenvalue weighted by Gasteiger charge is -2.23. The first-order valence-corrected chi connectivity index (χ1v) is 9.18. The second-order valence-electron chi connectivity index (χ2n) is 6.58. The van der Waals surface area contributed by atoms with E-state index in [0.29, 0.717) is 47.6 Å². The molecule has 6 nitrogen and oxygen atoms in total. The van der Waals surface area contributed by atoms with Gasteiger partial charge >= 0.3 is 0 Å². The average Bonchev–Trinajstić information content (AvgIpc) is 2.97. The van der Waals surface area contributed by atoms with Gasteiger partial charge in [-0.2, -0.15) is 5.26 Å². The molecule has 0 N–H and O–H groups in total. The summed E-state index contributed by atoms with van der Waals surface area (Å²) < 4.78 is 36.0. The molecule has 0 atom stereocenters. The third-order valence-corrected chi connectivity index (χ3v) is 4.68. The van der Waals surface area contributed by atoms with Gasteiger partial charge in [0.1, 0.15) is 30.5 Å². The zero-order chi connectivity index (χ0) is 20.2. The molecule has 0 amide bonds. The number of benzene rings is 1. The van der Waals surface area contributed by atoms with Crippen LogP contribution in [-0.4, -0.2) is 38.2 Å². The van der Waals surface area contributed by atoms with Crippen molar-refractivity contribution < 1.29 is 23.3 Å². The molecule has 1 aliphatic carbocycles. The van der Waals surface area contributed by atoms with Crippen molar-refractivity contribution in [1.82, 2.24) is 4.98 Å². The minimum Gasteiger partial charge on any atom is -0.497 e. The van der Waals surface area contributed by atoms with Gasteiger partial charge in [0.25, 0.3) is 0 Å². The third kappa shape index (κ3) is 3.99. The lowest BCUT2D eigenvalue weighted by molar-refractivity contribution is -0.144. The second kappa shape index (κ2) is 8.43. The normalized spacial score (nSPS) is 16.4. The lowest BCUT2D eigenvalue weighted by Crippen LogP contribution is -2.38. The number of ether oxygens (including phenoxy) is 4. The van der Waals surface area contributed by atoms with Crippen LogP contribution in [0.1, 0.15) is 12.1 Å². The number of rotatable bonds is 4. The minimum absolute atomic E-state index is 0.143. The van der Waals surface area contributed by atoms with E-state index < -0.39 is 5.82 Å². The van der Waals surface area contributed by atoms with Crippen LogP contribution in [0, 0.1) is 17.1 Å². The third-order valence-electron chi connectivity index (χ3n) is 4.68. The first kappa shape index (κ1) is 19.1. The summed E-state index contributed by atoms with van der Waals surface area (Å²) >= 11 is 0. The Hall–Kier alpha value is -3.21. The molecule has 1 aromatic heterocycles. The maximum atomic E-state index is 13.9. The Morgan fingerprint density at radius 3 is 2.76 bits per heavy atom. The highest BCUT2D eigenvalue weighted by Gasteiger charge is 2.21. The molecule has 0 unspecified atom stereocenters. The molecular weight excluding hydrogens is 375 g/mol. The van der Waals surface area contributed by atoms with Crippen LogP contribution in [-0.2, 0) is 14.2 Å². The van der Waals surface area contributed by atoms with Gasteiger partial charge in [0.2, 0.25) is 5.88 Å². The standard InChI is InChI=1S/C22H19FN2O4/c1-26-16-6-3-7-18-19(9-16)21(14-4-2-5-15(23)8-14)20(10-24)25-22(18)29-17-11-27-13-28-12-17/h2,4-9,17H,3,11-13H2,1H3. The van der Waals surface area contributed by atoms with Gasteiger partial charge < -0.3 is 18.9 Å². The molecule has 2 aliphatic rings. The molecule has 29 heavy (non-hydrogen) atoms. The van der Waals surface area contributed by atoms with Crippen molar-refractivity contribution in [2.75, 3.05) is 27.1 Å². The van der Waals surface area contributed by atoms with Gasteiger partial charge in [0, 0.05) is 16.0 Å². The van der Waals surface area contributed by atoms with Gasteiger partial charge in [-0.3, -0.25) is 0 Å². The van der Waals surface area contributed by atoms with Gasteiger partial charge in [0.05, 0.1) is 20.3 Å². The van der Waals surface area contributed by atoms with Crippen molar-refractivity contribution >= 4 is 12.2 Å². The van der Waals surface area contributed by atoms with Gasteiger partial charge in [0.15, 0.2) is 5.69 Å². The molecule has 0 bridgehead atoms. The maximum absolute atomic E-state index is 13.9. The van der Waals surface area contributed by atoms with E-state index in [1.807, 2.05) is 18.2 Å². The van der Waals surface area contributed by atoms with E-state index in [1.54, 1.807) is 19.2 Å². The Balaban J connectivity index is 1.96. The smallest absolute Gasteiger partial charge is 0.222 e. The number of hydrogen-bond acceptors (Lipinski definition) is 6. The number of allylic oxidation sites excluding steroid dienone is 2. The quantitative estimate of drug-likeness (QED) is 0.790. The first-order chi connectivity index (χ1) is 14.2. The number of hydrogen-bond donors (Lipinski definition) is 0. The van der Waals surface area contributed by atoms with Crippen LogP contribution in [0.25, 0.3) is 23.3 Å². The molecule has 0 saturated carbocycles. The molecule has 0 radical (unpaired) electrons. The molecule has 7 heteroatoms. The summed E-state index contributed by atoms with van der Waals surface area (Å²) in [6, 6.07) is 8.22. The Morgan fingerprint density at radius 2 is 2.03 bits per heavy atom. The predicted molar refractivity (Wildman–Crippen MR) is 103 cm³/mol. The summed E-state index contributed by atoms with van der Waals surface area (Å²) in [4.78, 5) is 4.47. The highest BCUT2D eigenvalue weighted by molar-refractivity contribution is 5.73. The number of halogens is 1. The molecule has 4 rings (SSSR count). The van der Waals surface area contributed by atoms with E-state index in [4.69, 9.17) is 18.9 Å². The van der Waals surface area contributed by atoms with Crippen molar-refractivity contribution in [1.29, 1.82) is 5.26 Å². The van der Waals surface area contributed by atoms with Crippen LogP contribution in [0.15, 0.2) is 36.1 Å². The fourth-order valence-corrected chi connectivity index (χ4v) is 3.38. The Kier molecular flexibility index (Phi) is 5.56. The second-order valence-corrected chi connectivity index (χ2v) is 6.58. The van der Waals surface area contributed by atoms with Crippen molar-refractivity contribution in [3.63, 3.8) is 0 Å². The van der Waals surface area contributed by atoms with E-state index in [1.165, 1.54) is 12.1 Å². The summed E-state index contributed by atoms with van der Waals surface area (Å²) in [6.07, 6.45) is 5.95. The maximum Gasteiger partial charge on any atom is 0.222 e. The van der Waals surface area contributed by atoms with Crippen LogP contribution >= 0.6 is 0 Å². The summed E-state index contributed by atoms with van der Waals surface area (Å²) in [6.45, 7) is 0.971. The van der Waals surface area contributed by atoms with E-state index in [2.05, 4.69) is 11.1 Å². The molecule has 0 spiro atoms. The topological polar surface area (TPSA) is 73.6 Å². The van der Waals surface area contributed by atoms with E-state index >= 15 is 0 Å². The number of methoxy groups -OCH3 is 1. The summed E-state index contributed by atoms with van der Waals surface area (Å²) in [5.41, 5.74) is 1.23. The highest BCUT2D eigenvalue weighted by atomic mass is 19.1. The van der Waals surface area contributed by atoms with Gasteiger partial charge in [-0.25, -0.2) is 9.37 Å². The van der Waals surface area contributed by atoms with Crippen molar-refractivity contribution in [2.24, 2.45) is 0 Å². The Morgan fingerprint density at radius 1 is 1.21 bits per heavy atom. The van der Waals surface area contributed by atoms with Crippen LogP contribution in [0.3, 0.4) is 0 Å². The molecule has 2 aromatic rings. The molecule has 1 saturated heterocycles. The highest BCUT2D eigenvalue weighted by Crippen LogP contribution is 2.22. The van der Waals surface area contributed by atoms with E-state index in [9.17, 15) is 9.65 Å². The van der Waals surface area contributed by atoms with E-state index in [0.717, 1.165) is 5.22 Å². The monoisotopic (exact) mass is 394 g/mol. The summed E-state index contributed by atoms with van der Waals surface area (Å²) in [7, 11) is 1.58. The van der Waals surface area contributed by atoms with Crippen LogP contribution in [0.5, 0.6) is 5.88 Å². The number of nitrogens with zero attached hydrogens (tertiary/aromatic N) is 2. The molecule has 148 valence electrons. The Bertz CT molecular complexity index is 1110. The molecule has 1 aromatic carbocycles. The zero-order valence-corrected chi connectivity index (χ0v) is 15.9. The van der Waals surface area contributed by atoms with Crippen LogP contribution in [0.4, 0.5) is 4.39 Å². The van der Waals surface area contributed by atoms with Crippen LogP contribution in [0.2, 0.25) is 0 Å². The van der Waals surface area contributed by atoms with Gasteiger partial charge in [-0.05, 0) is 36.3 Å². The average molecular weight is 394 g/mol. The molecule has 1 fully saturated rings. The molecular formula is C22H19FN2O4. The SMILES string of the molecule is COC1=CCC=c2c(OC3COCOC3)nc(C#N)c(-c3cccc(F)c3)c2=C1.